The van der Waals surface area contributed by atoms with E-state index in [1.54, 1.807) is 43.3 Å². The molecule has 2 aromatic carbocycles. The third kappa shape index (κ3) is 4.26. The number of anilines is 2. The minimum atomic E-state index is -0.401. The van der Waals surface area contributed by atoms with Gasteiger partial charge in [-0.3, -0.25) is 13.9 Å². The van der Waals surface area contributed by atoms with Gasteiger partial charge in [0.15, 0.2) is 0 Å². The maximum Gasteiger partial charge on any atom is 0.333 e. The minimum absolute atomic E-state index is 0.0423. The number of para-hydroxylation sites is 2. The summed E-state index contributed by atoms with van der Waals surface area (Å²) in [5.74, 6) is -0.401. The first-order valence-corrected chi connectivity index (χ1v) is 9.51. The summed E-state index contributed by atoms with van der Waals surface area (Å²) in [5.41, 5.74) is 3.00. The predicted octanol–water partition coefficient (Wildman–Crippen LogP) is 2.60. The summed E-state index contributed by atoms with van der Waals surface area (Å²) < 4.78 is 2.87. The van der Waals surface area contributed by atoms with Crippen LogP contribution in [0.25, 0.3) is 16.7 Å². The van der Waals surface area contributed by atoms with Gasteiger partial charge in [-0.1, -0.05) is 18.7 Å². The van der Waals surface area contributed by atoms with E-state index >= 15 is 0 Å². The SMILES string of the molecule is C=C(C)n1c(=O)n(CC(=O)Nc2cc(C#N)ccc2NCCCO)c2ccccc21. The molecule has 0 atom stereocenters. The Labute approximate surface area is 173 Å². The zero-order valence-electron chi connectivity index (χ0n) is 16.7. The second-order valence-electron chi connectivity index (χ2n) is 6.85. The van der Waals surface area contributed by atoms with Crippen LogP contribution in [0, 0.1) is 11.3 Å². The van der Waals surface area contributed by atoms with Crippen LogP contribution >= 0.6 is 0 Å². The Morgan fingerprint density at radius 3 is 2.60 bits per heavy atom. The largest absolute Gasteiger partial charge is 0.396 e. The topological polar surface area (TPSA) is 112 Å². The van der Waals surface area contributed by atoms with Crippen LogP contribution in [0.15, 0.2) is 53.8 Å². The Morgan fingerprint density at radius 1 is 1.20 bits per heavy atom. The third-order valence-corrected chi connectivity index (χ3v) is 4.59. The average molecular weight is 405 g/mol. The van der Waals surface area contributed by atoms with Gasteiger partial charge in [-0.15, -0.1) is 0 Å². The number of aliphatic hydroxyl groups is 1. The molecule has 0 bridgehead atoms. The summed E-state index contributed by atoms with van der Waals surface area (Å²) in [5, 5.41) is 24.0. The van der Waals surface area contributed by atoms with Gasteiger partial charge in [-0.25, -0.2) is 4.79 Å². The number of imidazole rings is 1. The number of benzene rings is 2. The molecule has 3 rings (SSSR count). The molecule has 0 fully saturated rings. The van der Waals surface area contributed by atoms with E-state index in [-0.39, 0.29) is 18.8 Å². The van der Waals surface area contributed by atoms with Crippen LogP contribution in [0.5, 0.6) is 0 Å². The fourth-order valence-electron chi connectivity index (χ4n) is 3.24. The van der Waals surface area contributed by atoms with Crippen molar-refractivity contribution >= 4 is 34.0 Å². The van der Waals surface area contributed by atoms with E-state index in [0.29, 0.717) is 46.6 Å². The maximum atomic E-state index is 12.9. The number of carbonyl (C=O) groups is 1. The molecular formula is C22H23N5O3. The number of aliphatic hydroxyl groups excluding tert-OH is 1. The fourth-order valence-corrected chi connectivity index (χ4v) is 3.24. The Kier molecular flexibility index (Phi) is 6.35. The van der Waals surface area contributed by atoms with Crippen molar-refractivity contribution in [1.82, 2.24) is 9.13 Å². The lowest BCUT2D eigenvalue weighted by Crippen LogP contribution is -2.29. The first-order chi connectivity index (χ1) is 14.5. The van der Waals surface area contributed by atoms with Crippen LogP contribution < -0.4 is 16.3 Å². The van der Waals surface area contributed by atoms with Gasteiger partial charge >= 0.3 is 5.69 Å². The van der Waals surface area contributed by atoms with Crippen molar-refractivity contribution in [3.63, 3.8) is 0 Å². The Balaban J connectivity index is 1.90. The molecule has 154 valence electrons. The zero-order chi connectivity index (χ0) is 21.7. The number of nitrogens with one attached hydrogen (secondary N) is 2. The summed E-state index contributed by atoms with van der Waals surface area (Å²) in [6, 6.07) is 14.2. The van der Waals surface area contributed by atoms with E-state index in [4.69, 9.17) is 5.11 Å². The number of carbonyl (C=O) groups excluding carboxylic acids is 1. The lowest BCUT2D eigenvalue weighted by Gasteiger charge is -2.13. The number of fused-ring (bicyclic) bond motifs is 1. The van der Waals surface area contributed by atoms with Gasteiger partial charge in [0, 0.05) is 18.8 Å². The first kappa shape index (κ1) is 20.9. The van der Waals surface area contributed by atoms with Crippen molar-refractivity contribution in [2.24, 2.45) is 0 Å². The first-order valence-electron chi connectivity index (χ1n) is 9.51. The number of nitriles is 1. The molecule has 1 heterocycles. The molecule has 30 heavy (non-hydrogen) atoms. The monoisotopic (exact) mass is 405 g/mol. The second-order valence-corrected chi connectivity index (χ2v) is 6.85. The van der Waals surface area contributed by atoms with Crippen molar-refractivity contribution in [1.29, 1.82) is 5.26 Å². The van der Waals surface area contributed by atoms with Crippen molar-refractivity contribution in [2.75, 3.05) is 23.8 Å². The van der Waals surface area contributed by atoms with E-state index in [0.717, 1.165) is 0 Å². The molecule has 0 aliphatic heterocycles. The summed E-state index contributed by atoms with van der Waals surface area (Å²) >= 11 is 0. The Morgan fingerprint density at radius 2 is 1.93 bits per heavy atom. The molecule has 8 heteroatoms. The molecule has 3 N–H and O–H groups in total. The highest BCUT2D eigenvalue weighted by atomic mass is 16.3. The highest BCUT2D eigenvalue weighted by molar-refractivity contribution is 5.95. The molecule has 0 unspecified atom stereocenters. The molecule has 8 nitrogen and oxygen atoms in total. The van der Waals surface area contributed by atoms with E-state index in [2.05, 4.69) is 17.2 Å². The van der Waals surface area contributed by atoms with Crippen LogP contribution in [-0.4, -0.2) is 33.3 Å². The van der Waals surface area contributed by atoms with Crippen LogP contribution in [0.3, 0.4) is 0 Å². The summed E-state index contributed by atoms with van der Waals surface area (Å²) in [6.45, 7) is 5.95. The summed E-state index contributed by atoms with van der Waals surface area (Å²) in [7, 11) is 0. The van der Waals surface area contributed by atoms with Crippen LogP contribution in [0.2, 0.25) is 0 Å². The average Bonchev–Trinajstić information content (AvgIpc) is 3.00. The van der Waals surface area contributed by atoms with Gasteiger partial charge in [0.25, 0.3) is 0 Å². The molecule has 0 saturated carbocycles. The number of hydrogen-bond donors (Lipinski definition) is 3. The lowest BCUT2D eigenvalue weighted by molar-refractivity contribution is -0.116. The molecule has 0 radical (unpaired) electrons. The number of allylic oxidation sites excluding steroid dienone is 1. The van der Waals surface area contributed by atoms with E-state index in [1.807, 2.05) is 12.1 Å². The smallest absolute Gasteiger partial charge is 0.333 e. The summed E-state index contributed by atoms with van der Waals surface area (Å²) in [6.07, 6.45) is 0.545. The molecular weight excluding hydrogens is 382 g/mol. The molecule has 0 aliphatic rings. The number of nitrogens with zero attached hydrogens (tertiary/aromatic N) is 3. The van der Waals surface area contributed by atoms with E-state index in [1.165, 1.54) is 9.13 Å². The number of rotatable bonds is 8. The Hall–Kier alpha value is -3.83. The lowest BCUT2D eigenvalue weighted by atomic mass is 10.1. The van der Waals surface area contributed by atoms with Crippen LogP contribution in [-0.2, 0) is 11.3 Å². The zero-order valence-corrected chi connectivity index (χ0v) is 16.7. The predicted molar refractivity (Wildman–Crippen MR) is 117 cm³/mol. The van der Waals surface area contributed by atoms with Crippen molar-refractivity contribution in [3.05, 3.63) is 65.1 Å². The standard InChI is InChI=1S/C22H23N5O3/c1-15(2)27-20-7-4-3-6-19(20)26(22(27)30)14-21(29)25-18-12-16(13-23)8-9-17(18)24-10-5-11-28/h3-4,6-9,12,24,28H,1,5,10-11,14H2,2H3,(H,25,29). The highest BCUT2D eigenvalue weighted by Gasteiger charge is 2.16. The van der Waals surface area contributed by atoms with Crippen molar-refractivity contribution in [2.45, 2.75) is 19.9 Å². The van der Waals surface area contributed by atoms with Gasteiger partial charge < -0.3 is 15.7 Å². The molecule has 0 spiro atoms. The van der Waals surface area contributed by atoms with Crippen molar-refractivity contribution in [3.8, 4) is 6.07 Å². The second kappa shape index (κ2) is 9.11. The highest BCUT2D eigenvalue weighted by Crippen LogP contribution is 2.23. The van der Waals surface area contributed by atoms with Crippen LogP contribution in [0.4, 0.5) is 11.4 Å². The quantitative estimate of drug-likeness (QED) is 0.499. The molecule has 1 amide bonds. The van der Waals surface area contributed by atoms with Crippen molar-refractivity contribution < 1.29 is 9.90 Å². The third-order valence-electron chi connectivity index (χ3n) is 4.59. The minimum Gasteiger partial charge on any atom is -0.396 e. The number of aromatic nitrogens is 2. The molecule has 3 aromatic rings. The van der Waals surface area contributed by atoms with E-state index in [9.17, 15) is 14.9 Å². The van der Waals surface area contributed by atoms with Gasteiger partial charge in [0.05, 0.1) is 34.0 Å². The fraction of sp³-hybridized carbons (Fsp3) is 0.227. The van der Waals surface area contributed by atoms with Gasteiger partial charge in [-0.2, -0.15) is 5.26 Å². The van der Waals surface area contributed by atoms with E-state index < -0.39 is 5.91 Å². The van der Waals surface area contributed by atoms with Gasteiger partial charge in [-0.05, 0) is 43.7 Å². The Bertz CT molecular complexity index is 1200. The number of amides is 1. The van der Waals surface area contributed by atoms with Gasteiger partial charge in [0.2, 0.25) is 5.91 Å². The summed E-state index contributed by atoms with van der Waals surface area (Å²) in [4.78, 5) is 25.7. The molecule has 0 saturated heterocycles. The molecule has 0 aliphatic carbocycles. The van der Waals surface area contributed by atoms with Crippen LogP contribution in [0.1, 0.15) is 18.9 Å². The normalized spacial score (nSPS) is 10.6. The maximum absolute atomic E-state index is 12.9. The molecule has 1 aromatic heterocycles. The van der Waals surface area contributed by atoms with Gasteiger partial charge in [0.1, 0.15) is 6.54 Å². The number of hydrogen-bond acceptors (Lipinski definition) is 5.